The molecule has 1 aliphatic rings. The summed E-state index contributed by atoms with van der Waals surface area (Å²) in [5.74, 6) is -2.51. The molecule has 0 saturated heterocycles. The summed E-state index contributed by atoms with van der Waals surface area (Å²) in [6.45, 7) is 3.98. The standard InChI is InChI=1S/C11H15ClN2.C4H4O4/c1-8(13)7-14-6-5-9-10(12)3-2-4-11(9)14;5-3(6)1-2-4(7)8/h2-4,8H,5-7,13H2,1H3;1-2H,(H,5,6)(H,7,8)/b;2-1+. The topological polar surface area (TPSA) is 104 Å². The largest absolute Gasteiger partial charge is 0.478 e. The second kappa shape index (κ2) is 8.41. The van der Waals surface area contributed by atoms with Crippen LogP contribution in [0.15, 0.2) is 30.4 Å². The Balaban J connectivity index is 0.000000261. The number of hydrogen-bond donors (Lipinski definition) is 3. The Morgan fingerprint density at radius 3 is 2.45 bits per heavy atom. The second-order valence-corrected chi connectivity index (χ2v) is 5.33. The van der Waals surface area contributed by atoms with Gasteiger partial charge in [0.1, 0.15) is 0 Å². The van der Waals surface area contributed by atoms with Crippen LogP contribution in [0, 0.1) is 0 Å². The third-order valence-corrected chi connectivity index (χ3v) is 3.30. The van der Waals surface area contributed by atoms with Crippen molar-refractivity contribution >= 4 is 29.2 Å². The zero-order valence-corrected chi connectivity index (χ0v) is 13.0. The molecule has 0 spiro atoms. The van der Waals surface area contributed by atoms with E-state index in [1.54, 1.807) is 0 Å². The molecule has 1 aromatic rings. The molecule has 0 aromatic heterocycles. The highest BCUT2D eigenvalue weighted by Gasteiger charge is 2.21. The lowest BCUT2D eigenvalue weighted by Gasteiger charge is -2.21. The number of anilines is 1. The molecule has 1 aromatic carbocycles. The monoisotopic (exact) mass is 326 g/mol. The molecular weight excluding hydrogens is 308 g/mol. The summed E-state index contributed by atoms with van der Waals surface area (Å²) >= 11 is 6.11. The van der Waals surface area contributed by atoms with E-state index < -0.39 is 11.9 Å². The SMILES string of the molecule is CC(N)CN1CCc2c(Cl)cccc21.O=C(O)/C=C/C(=O)O. The van der Waals surface area contributed by atoms with E-state index in [4.69, 9.17) is 27.5 Å². The number of carboxylic acid groups (broad SMARTS) is 2. The molecule has 1 heterocycles. The predicted molar refractivity (Wildman–Crippen MR) is 85.4 cm³/mol. The Labute approximate surface area is 133 Å². The molecule has 1 aliphatic heterocycles. The lowest BCUT2D eigenvalue weighted by atomic mass is 10.2. The fourth-order valence-corrected chi connectivity index (χ4v) is 2.40. The van der Waals surface area contributed by atoms with Gasteiger partial charge in [0.2, 0.25) is 0 Å². The average molecular weight is 327 g/mol. The molecule has 0 aliphatic carbocycles. The van der Waals surface area contributed by atoms with Crippen LogP contribution in [0.5, 0.6) is 0 Å². The molecule has 120 valence electrons. The Kier molecular flexibility index (Phi) is 6.88. The van der Waals surface area contributed by atoms with Gasteiger partial charge in [-0.1, -0.05) is 17.7 Å². The van der Waals surface area contributed by atoms with E-state index in [-0.39, 0.29) is 6.04 Å². The van der Waals surface area contributed by atoms with E-state index in [2.05, 4.69) is 11.0 Å². The first-order chi connectivity index (χ1) is 10.3. The molecule has 1 atom stereocenters. The lowest BCUT2D eigenvalue weighted by molar-refractivity contribution is -0.134. The first kappa shape index (κ1) is 18.0. The number of halogens is 1. The van der Waals surface area contributed by atoms with Crippen LogP contribution in [-0.4, -0.2) is 41.3 Å². The van der Waals surface area contributed by atoms with Gasteiger partial charge in [-0.05, 0) is 31.0 Å². The van der Waals surface area contributed by atoms with Gasteiger partial charge in [0.05, 0.1) is 0 Å². The van der Waals surface area contributed by atoms with Crippen LogP contribution in [0.2, 0.25) is 5.02 Å². The fraction of sp³-hybridized carbons (Fsp3) is 0.333. The van der Waals surface area contributed by atoms with E-state index in [1.807, 2.05) is 19.1 Å². The summed E-state index contributed by atoms with van der Waals surface area (Å²) in [5, 5.41) is 16.5. The van der Waals surface area contributed by atoms with Crippen LogP contribution < -0.4 is 10.6 Å². The molecule has 0 bridgehead atoms. The van der Waals surface area contributed by atoms with Crippen molar-refractivity contribution in [3.05, 3.63) is 40.9 Å². The first-order valence-corrected chi connectivity index (χ1v) is 7.11. The van der Waals surface area contributed by atoms with E-state index in [1.165, 1.54) is 11.3 Å². The third kappa shape index (κ3) is 5.75. The highest BCUT2D eigenvalue weighted by Crippen LogP contribution is 2.32. The Hall–Kier alpha value is -2.05. The van der Waals surface area contributed by atoms with Crippen molar-refractivity contribution in [2.24, 2.45) is 5.73 Å². The van der Waals surface area contributed by atoms with E-state index in [0.717, 1.165) is 24.5 Å². The van der Waals surface area contributed by atoms with Crippen molar-refractivity contribution in [3.8, 4) is 0 Å². The normalized spacial score (nSPS) is 14.2. The third-order valence-electron chi connectivity index (χ3n) is 2.94. The summed E-state index contributed by atoms with van der Waals surface area (Å²) in [6.07, 6.45) is 2.16. The molecule has 2 rings (SSSR count). The van der Waals surface area contributed by atoms with E-state index >= 15 is 0 Å². The van der Waals surface area contributed by atoms with Gasteiger partial charge in [-0.25, -0.2) is 9.59 Å². The number of carbonyl (C=O) groups is 2. The van der Waals surface area contributed by atoms with Crippen molar-refractivity contribution < 1.29 is 19.8 Å². The summed E-state index contributed by atoms with van der Waals surface area (Å²) < 4.78 is 0. The van der Waals surface area contributed by atoms with Gasteiger partial charge in [-0.15, -0.1) is 0 Å². The number of carboxylic acids is 2. The quantitative estimate of drug-likeness (QED) is 0.728. The van der Waals surface area contributed by atoms with Crippen LogP contribution in [0.25, 0.3) is 0 Å². The second-order valence-electron chi connectivity index (χ2n) is 4.92. The van der Waals surface area contributed by atoms with Crippen molar-refractivity contribution in [1.29, 1.82) is 0 Å². The zero-order valence-electron chi connectivity index (χ0n) is 12.2. The molecule has 0 saturated carbocycles. The summed E-state index contributed by atoms with van der Waals surface area (Å²) in [5.41, 5.74) is 8.32. The lowest BCUT2D eigenvalue weighted by Crippen LogP contribution is -2.34. The zero-order chi connectivity index (χ0) is 16.7. The molecule has 7 heteroatoms. The number of nitrogens with two attached hydrogens (primary N) is 1. The Morgan fingerprint density at radius 2 is 1.95 bits per heavy atom. The number of nitrogens with zero attached hydrogens (tertiary/aromatic N) is 1. The minimum atomic E-state index is -1.26. The predicted octanol–water partition coefficient (Wildman–Crippen LogP) is 1.76. The number of aliphatic carboxylic acids is 2. The smallest absolute Gasteiger partial charge is 0.328 e. The highest BCUT2D eigenvalue weighted by atomic mass is 35.5. The molecule has 22 heavy (non-hydrogen) atoms. The number of fused-ring (bicyclic) bond motifs is 1. The highest BCUT2D eigenvalue weighted by molar-refractivity contribution is 6.31. The molecule has 4 N–H and O–H groups in total. The average Bonchev–Trinajstić information content (AvgIpc) is 2.81. The van der Waals surface area contributed by atoms with Gasteiger partial charge in [-0.3, -0.25) is 0 Å². The number of rotatable bonds is 4. The molecular formula is C15H19ClN2O4. The van der Waals surface area contributed by atoms with Gasteiger partial charge in [0.15, 0.2) is 0 Å². The van der Waals surface area contributed by atoms with Crippen LogP contribution in [0.3, 0.4) is 0 Å². The van der Waals surface area contributed by atoms with Gasteiger partial charge in [-0.2, -0.15) is 0 Å². The Morgan fingerprint density at radius 1 is 1.36 bits per heavy atom. The maximum atomic E-state index is 9.55. The van der Waals surface area contributed by atoms with E-state index in [0.29, 0.717) is 12.2 Å². The minimum absolute atomic E-state index is 0.208. The Bertz CT molecular complexity index is 557. The van der Waals surface area contributed by atoms with Crippen LogP contribution in [-0.2, 0) is 16.0 Å². The van der Waals surface area contributed by atoms with E-state index in [9.17, 15) is 9.59 Å². The molecule has 6 nitrogen and oxygen atoms in total. The van der Waals surface area contributed by atoms with Crippen molar-refractivity contribution in [2.45, 2.75) is 19.4 Å². The van der Waals surface area contributed by atoms with Crippen molar-refractivity contribution in [3.63, 3.8) is 0 Å². The maximum absolute atomic E-state index is 9.55. The van der Waals surface area contributed by atoms with Gasteiger partial charge in [0.25, 0.3) is 0 Å². The molecule has 0 amide bonds. The van der Waals surface area contributed by atoms with Crippen molar-refractivity contribution in [1.82, 2.24) is 0 Å². The summed E-state index contributed by atoms with van der Waals surface area (Å²) in [7, 11) is 0. The minimum Gasteiger partial charge on any atom is -0.478 e. The number of hydrogen-bond acceptors (Lipinski definition) is 4. The summed E-state index contributed by atoms with van der Waals surface area (Å²) in [6, 6.07) is 6.28. The van der Waals surface area contributed by atoms with Gasteiger partial charge >= 0.3 is 11.9 Å². The van der Waals surface area contributed by atoms with Crippen LogP contribution >= 0.6 is 11.6 Å². The first-order valence-electron chi connectivity index (χ1n) is 6.73. The maximum Gasteiger partial charge on any atom is 0.328 e. The van der Waals surface area contributed by atoms with Crippen molar-refractivity contribution in [2.75, 3.05) is 18.0 Å². The summed E-state index contributed by atoms with van der Waals surface area (Å²) in [4.78, 5) is 21.4. The van der Waals surface area contributed by atoms with Crippen LogP contribution in [0.1, 0.15) is 12.5 Å². The van der Waals surface area contributed by atoms with Crippen LogP contribution in [0.4, 0.5) is 5.69 Å². The molecule has 1 unspecified atom stereocenters. The molecule has 0 radical (unpaired) electrons. The fourth-order valence-electron chi connectivity index (χ4n) is 2.14. The van der Waals surface area contributed by atoms with Gasteiger partial charge in [0, 0.05) is 42.0 Å². The molecule has 0 fully saturated rings. The van der Waals surface area contributed by atoms with Gasteiger partial charge < -0.3 is 20.8 Å². The number of benzene rings is 1.